The Morgan fingerprint density at radius 3 is 2.60 bits per heavy atom. The summed E-state index contributed by atoms with van der Waals surface area (Å²) in [4.78, 5) is 2.58. The second kappa shape index (κ2) is 4.08. The fourth-order valence-electron chi connectivity index (χ4n) is 0.0833. The maximum atomic E-state index is 4.92. The van der Waals surface area contributed by atoms with Gasteiger partial charge in [0.1, 0.15) is 0 Å². The summed E-state index contributed by atoms with van der Waals surface area (Å²) in [5, 5.41) is 1.17. The van der Waals surface area contributed by atoms with Crippen molar-refractivity contribution >= 4 is 15.0 Å². The van der Waals surface area contributed by atoms with E-state index in [4.69, 9.17) is 6.42 Å². The van der Waals surface area contributed by atoms with Gasteiger partial charge in [0, 0.05) is 0 Å². The van der Waals surface area contributed by atoms with Crippen LogP contribution in [0, 0.1) is 11.2 Å². The monoisotopic (exact) mass is 134 g/mol. The summed E-state index contributed by atoms with van der Waals surface area (Å²) in [6, 6.07) is 0. The zero-order valence-corrected chi connectivity index (χ0v) is 4.91. The first kappa shape index (κ1) is 5.08. The number of rotatable bonds is 1. The van der Waals surface area contributed by atoms with Crippen molar-refractivity contribution in [3.63, 3.8) is 0 Å². The van der Waals surface area contributed by atoms with Crippen molar-refractivity contribution in [3.05, 3.63) is 0 Å². The molecule has 0 aromatic heterocycles. The molecule has 0 spiro atoms. The molecule has 0 radical (unpaired) electrons. The van der Waals surface area contributed by atoms with Gasteiger partial charge in [0.05, 0.1) is 0 Å². The van der Waals surface area contributed by atoms with Gasteiger partial charge in [0.25, 0.3) is 0 Å². The summed E-state index contributed by atoms with van der Waals surface area (Å²) in [7, 11) is 0. The molecule has 1 heteroatoms. The fourth-order valence-corrected chi connectivity index (χ4v) is 0.433. The van der Waals surface area contributed by atoms with Gasteiger partial charge in [-0.25, -0.2) is 0 Å². The minimum atomic E-state index is 0.486. The molecule has 0 N–H and O–H groups in total. The normalized spacial score (nSPS) is 6.40. The molecular formula is C4H6Se. The van der Waals surface area contributed by atoms with Gasteiger partial charge in [-0.05, 0) is 0 Å². The Morgan fingerprint density at radius 2 is 2.60 bits per heavy atom. The van der Waals surface area contributed by atoms with E-state index >= 15 is 0 Å². The molecule has 0 saturated heterocycles. The van der Waals surface area contributed by atoms with Crippen molar-refractivity contribution in [1.29, 1.82) is 0 Å². The van der Waals surface area contributed by atoms with Gasteiger partial charge >= 0.3 is 38.4 Å². The Balaban J connectivity index is 2.48. The fraction of sp³-hybridized carbons (Fsp3) is 0.500. The molecule has 0 atom stereocenters. The van der Waals surface area contributed by atoms with Crippen LogP contribution in [0.1, 0.15) is 6.92 Å². The van der Waals surface area contributed by atoms with Crippen molar-refractivity contribution in [2.45, 2.75) is 12.2 Å². The molecule has 0 aliphatic carbocycles. The maximum absolute atomic E-state index is 4.92. The van der Waals surface area contributed by atoms with Crippen LogP contribution in [-0.2, 0) is 0 Å². The first-order valence-electron chi connectivity index (χ1n) is 1.49. The first-order chi connectivity index (χ1) is 2.41. The molecule has 0 heterocycles. The quantitative estimate of drug-likeness (QED) is 0.365. The molecule has 0 amide bonds. The van der Waals surface area contributed by atoms with E-state index < -0.39 is 0 Å². The van der Waals surface area contributed by atoms with E-state index in [9.17, 15) is 0 Å². The molecule has 0 bridgehead atoms. The topological polar surface area (TPSA) is 0 Å². The van der Waals surface area contributed by atoms with E-state index in [-0.39, 0.29) is 0 Å². The Hall–Kier alpha value is 0.0795. The molecule has 5 heavy (non-hydrogen) atoms. The van der Waals surface area contributed by atoms with Gasteiger partial charge in [-0.1, -0.05) is 0 Å². The third-order valence-electron chi connectivity index (χ3n) is 0.228. The Labute approximate surface area is 39.1 Å². The summed E-state index contributed by atoms with van der Waals surface area (Å²) < 4.78 is 0. The predicted octanol–water partition coefficient (Wildman–Crippen LogP) is 0.720. The molecular weight excluding hydrogens is 127 g/mol. The van der Waals surface area contributed by atoms with E-state index in [1.807, 2.05) is 0 Å². The molecule has 0 fully saturated rings. The summed E-state index contributed by atoms with van der Waals surface area (Å²) in [6.07, 6.45) is 4.92. The molecule has 0 nitrogen and oxygen atoms in total. The Kier molecular flexibility index (Phi) is 4.14. The molecule has 0 unspecified atom stereocenters. The first-order valence-corrected chi connectivity index (χ1v) is 3.56. The number of hydrogen-bond acceptors (Lipinski definition) is 0. The van der Waals surface area contributed by atoms with Crippen LogP contribution in [0.3, 0.4) is 0 Å². The second-order valence-corrected chi connectivity index (χ2v) is 2.86. The molecule has 0 aliphatic rings. The average Bonchev–Trinajstić information content (AvgIpc) is 1.41. The second-order valence-electron chi connectivity index (χ2n) is 0.551. The standard InChI is InChI=1S/C4H6Se/c1-3-5-4-2/h1H,4H2,2H3. The van der Waals surface area contributed by atoms with Gasteiger partial charge in [0.2, 0.25) is 0 Å². The number of hydrogen-bond donors (Lipinski definition) is 0. The van der Waals surface area contributed by atoms with Crippen LogP contribution in [0.5, 0.6) is 0 Å². The summed E-state index contributed by atoms with van der Waals surface area (Å²) in [5.41, 5.74) is 0. The van der Waals surface area contributed by atoms with Crippen LogP contribution < -0.4 is 0 Å². The van der Waals surface area contributed by atoms with Crippen LogP contribution in [0.25, 0.3) is 0 Å². The number of terminal acetylenes is 1. The van der Waals surface area contributed by atoms with Gasteiger partial charge in [-0.2, -0.15) is 0 Å². The zero-order valence-electron chi connectivity index (χ0n) is 3.19. The van der Waals surface area contributed by atoms with Crippen molar-refractivity contribution in [2.24, 2.45) is 0 Å². The molecule has 28 valence electrons. The van der Waals surface area contributed by atoms with Crippen molar-refractivity contribution in [3.8, 4) is 11.2 Å². The molecule has 0 aromatic carbocycles. The molecule has 0 aromatic rings. The van der Waals surface area contributed by atoms with E-state index in [2.05, 4.69) is 11.7 Å². The molecule has 0 saturated carbocycles. The van der Waals surface area contributed by atoms with E-state index in [1.165, 1.54) is 5.32 Å². The Bertz CT molecular complexity index is 42.1. The minimum absolute atomic E-state index is 0.486. The third-order valence-corrected chi connectivity index (χ3v) is 1.18. The third kappa shape index (κ3) is 4.08. The van der Waals surface area contributed by atoms with Crippen LogP contribution in [0.4, 0.5) is 0 Å². The average molecular weight is 133 g/mol. The zero-order chi connectivity index (χ0) is 4.12. The van der Waals surface area contributed by atoms with Crippen molar-refractivity contribution in [1.82, 2.24) is 0 Å². The Morgan fingerprint density at radius 1 is 2.00 bits per heavy atom. The van der Waals surface area contributed by atoms with E-state index in [1.54, 1.807) is 0 Å². The molecule has 0 rings (SSSR count). The predicted molar refractivity (Wildman–Crippen MR) is 25.1 cm³/mol. The van der Waals surface area contributed by atoms with Gasteiger partial charge in [-0.15, -0.1) is 0 Å². The van der Waals surface area contributed by atoms with Crippen LogP contribution in [0.15, 0.2) is 0 Å². The van der Waals surface area contributed by atoms with Crippen molar-refractivity contribution in [2.75, 3.05) is 0 Å². The van der Waals surface area contributed by atoms with E-state index in [0.29, 0.717) is 15.0 Å². The molecule has 0 aliphatic heterocycles. The SMILES string of the molecule is C#C[Se]CC. The van der Waals surface area contributed by atoms with Gasteiger partial charge < -0.3 is 0 Å². The van der Waals surface area contributed by atoms with Gasteiger partial charge in [0.15, 0.2) is 0 Å². The summed E-state index contributed by atoms with van der Waals surface area (Å²) in [5.74, 6) is 0. The van der Waals surface area contributed by atoms with Crippen LogP contribution in [-0.4, -0.2) is 15.0 Å². The van der Waals surface area contributed by atoms with Crippen LogP contribution in [0.2, 0.25) is 5.32 Å². The van der Waals surface area contributed by atoms with Gasteiger partial charge in [-0.3, -0.25) is 0 Å². The summed E-state index contributed by atoms with van der Waals surface area (Å²) in [6.45, 7) is 2.10. The van der Waals surface area contributed by atoms with Crippen LogP contribution >= 0.6 is 0 Å². The van der Waals surface area contributed by atoms with Crippen molar-refractivity contribution < 1.29 is 0 Å². The van der Waals surface area contributed by atoms with E-state index in [0.717, 1.165) is 0 Å². The summed E-state index contributed by atoms with van der Waals surface area (Å²) >= 11 is 0.486.